The predicted octanol–water partition coefficient (Wildman–Crippen LogP) is 4.48. The summed E-state index contributed by atoms with van der Waals surface area (Å²) in [6.07, 6.45) is 6.26. The summed E-state index contributed by atoms with van der Waals surface area (Å²) in [5.74, 6) is 0. The van der Waals surface area contributed by atoms with Crippen molar-refractivity contribution in [1.29, 1.82) is 5.26 Å². The monoisotopic (exact) mass is 306 g/mol. The number of halogens is 1. The van der Waals surface area contributed by atoms with E-state index in [1.54, 1.807) is 0 Å². The van der Waals surface area contributed by atoms with E-state index in [2.05, 4.69) is 39.9 Å². The van der Waals surface area contributed by atoms with Crippen molar-refractivity contribution < 1.29 is 0 Å². The Bertz CT molecular complexity index is 450. The first kappa shape index (κ1) is 13.4. The highest BCUT2D eigenvalue weighted by Crippen LogP contribution is 2.30. The van der Waals surface area contributed by atoms with Gasteiger partial charge in [-0.25, -0.2) is 0 Å². The van der Waals surface area contributed by atoms with E-state index in [1.807, 2.05) is 12.1 Å². The van der Waals surface area contributed by atoms with Crippen LogP contribution in [-0.4, -0.2) is 12.6 Å². The molecule has 0 bridgehead atoms. The molecule has 0 saturated carbocycles. The molecule has 1 aliphatic heterocycles. The molecule has 3 heteroatoms. The van der Waals surface area contributed by atoms with Crippen LogP contribution in [0.2, 0.25) is 0 Å². The Morgan fingerprint density at radius 3 is 2.94 bits per heavy atom. The van der Waals surface area contributed by atoms with Crippen LogP contribution >= 0.6 is 15.9 Å². The molecule has 0 amide bonds. The number of hydrogen-bond donors (Lipinski definition) is 0. The summed E-state index contributed by atoms with van der Waals surface area (Å²) in [4.78, 5) is 2.44. The first-order chi connectivity index (χ1) is 8.76. The number of hydrogen-bond acceptors (Lipinski definition) is 2. The van der Waals surface area contributed by atoms with Gasteiger partial charge >= 0.3 is 0 Å². The Kier molecular flexibility index (Phi) is 4.66. The van der Waals surface area contributed by atoms with E-state index in [0.29, 0.717) is 6.04 Å². The van der Waals surface area contributed by atoms with E-state index in [-0.39, 0.29) is 0 Å². The maximum Gasteiger partial charge on any atom is 0.101 e. The minimum atomic E-state index is 0.584. The smallest absolute Gasteiger partial charge is 0.101 e. The van der Waals surface area contributed by atoms with Crippen molar-refractivity contribution >= 4 is 21.6 Å². The van der Waals surface area contributed by atoms with Gasteiger partial charge in [-0.2, -0.15) is 5.26 Å². The van der Waals surface area contributed by atoms with E-state index >= 15 is 0 Å². The van der Waals surface area contributed by atoms with Gasteiger partial charge in [0.2, 0.25) is 0 Å². The molecule has 1 aromatic carbocycles. The molecule has 0 spiro atoms. The van der Waals surface area contributed by atoms with Crippen molar-refractivity contribution in [3.63, 3.8) is 0 Å². The van der Waals surface area contributed by atoms with E-state index < -0.39 is 0 Å². The fourth-order valence-electron chi connectivity index (χ4n) is 2.77. The summed E-state index contributed by atoms with van der Waals surface area (Å²) in [5, 5.41) is 9.31. The van der Waals surface area contributed by atoms with E-state index in [0.717, 1.165) is 28.7 Å². The third-order valence-corrected chi connectivity index (χ3v) is 4.23. The van der Waals surface area contributed by atoms with Crippen LogP contribution in [0.1, 0.15) is 44.6 Å². The Labute approximate surface area is 118 Å². The van der Waals surface area contributed by atoms with E-state index in [9.17, 15) is 5.26 Å². The molecule has 1 aliphatic rings. The number of benzene rings is 1. The topological polar surface area (TPSA) is 27.0 Å². The molecular formula is C15H19BrN2. The lowest BCUT2D eigenvalue weighted by Gasteiger charge is -2.32. The van der Waals surface area contributed by atoms with Gasteiger partial charge in [-0.1, -0.05) is 35.7 Å². The SMILES string of the molecule is CCC1CCCCCN1c1ccc(Br)cc1C#N. The molecule has 96 valence electrons. The lowest BCUT2D eigenvalue weighted by molar-refractivity contribution is 0.556. The fraction of sp³-hybridized carbons (Fsp3) is 0.533. The molecule has 1 aromatic rings. The Morgan fingerprint density at radius 1 is 1.39 bits per heavy atom. The normalized spacial score (nSPS) is 20.3. The maximum absolute atomic E-state index is 9.31. The van der Waals surface area contributed by atoms with Crippen molar-refractivity contribution in [2.75, 3.05) is 11.4 Å². The van der Waals surface area contributed by atoms with E-state index in [4.69, 9.17) is 0 Å². The zero-order valence-electron chi connectivity index (χ0n) is 10.8. The van der Waals surface area contributed by atoms with Crippen molar-refractivity contribution in [2.24, 2.45) is 0 Å². The zero-order valence-corrected chi connectivity index (χ0v) is 12.4. The molecule has 18 heavy (non-hydrogen) atoms. The predicted molar refractivity (Wildman–Crippen MR) is 78.8 cm³/mol. The van der Waals surface area contributed by atoms with Crippen molar-refractivity contribution in [3.8, 4) is 6.07 Å². The Balaban J connectivity index is 2.36. The number of nitriles is 1. The molecule has 1 fully saturated rings. The minimum absolute atomic E-state index is 0.584. The quantitative estimate of drug-likeness (QED) is 0.805. The molecule has 0 aromatic heterocycles. The van der Waals surface area contributed by atoms with Crippen LogP contribution in [0.3, 0.4) is 0 Å². The van der Waals surface area contributed by atoms with Gasteiger partial charge in [-0.05, 0) is 37.5 Å². The molecule has 0 radical (unpaired) electrons. The van der Waals surface area contributed by atoms with Crippen LogP contribution in [0, 0.1) is 11.3 Å². The third-order valence-electron chi connectivity index (χ3n) is 3.74. The molecule has 2 rings (SSSR count). The van der Waals surface area contributed by atoms with Gasteiger partial charge < -0.3 is 4.90 Å². The van der Waals surface area contributed by atoms with Crippen molar-refractivity contribution in [3.05, 3.63) is 28.2 Å². The van der Waals surface area contributed by atoms with Gasteiger partial charge in [0, 0.05) is 17.1 Å². The van der Waals surface area contributed by atoms with Gasteiger partial charge in [0.1, 0.15) is 6.07 Å². The molecule has 1 atom stereocenters. The maximum atomic E-state index is 9.31. The van der Waals surface area contributed by atoms with Gasteiger partial charge in [0.25, 0.3) is 0 Å². The fourth-order valence-corrected chi connectivity index (χ4v) is 3.13. The van der Waals surface area contributed by atoms with E-state index in [1.165, 1.54) is 25.7 Å². The molecule has 1 unspecified atom stereocenters. The lowest BCUT2D eigenvalue weighted by Crippen LogP contribution is -2.34. The van der Waals surface area contributed by atoms with Crippen LogP contribution in [0.25, 0.3) is 0 Å². The van der Waals surface area contributed by atoms with Gasteiger partial charge in [0.15, 0.2) is 0 Å². The first-order valence-corrected chi connectivity index (χ1v) is 7.52. The number of anilines is 1. The highest BCUT2D eigenvalue weighted by Gasteiger charge is 2.21. The van der Waals surface area contributed by atoms with Crippen LogP contribution < -0.4 is 4.90 Å². The van der Waals surface area contributed by atoms with Crippen LogP contribution in [0.5, 0.6) is 0 Å². The second-order valence-corrected chi connectivity index (χ2v) is 5.79. The van der Waals surface area contributed by atoms with Crippen molar-refractivity contribution in [1.82, 2.24) is 0 Å². The Morgan fingerprint density at radius 2 is 2.22 bits per heavy atom. The average Bonchev–Trinajstić information content (AvgIpc) is 2.63. The summed E-state index contributed by atoms with van der Waals surface area (Å²) in [6, 6.07) is 8.95. The summed E-state index contributed by atoms with van der Waals surface area (Å²) in [6.45, 7) is 3.32. The van der Waals surface area contributed by atoms with Crippen LogP contribution in [0.4, 0.5) is 5.69 Å². The Hall–Kier alpha value is -1.01. The van der Waals surface area contributed by atoms with Crippen LogP contribution in [0.15, 0.2) is 22.7 Å². The number of rotatable bonds is 2. The lowest BCUT2D eigenvalue weighted by atomic mass is 10.1. The standard InChI is InChI=1S/C15H19BrN2/c1-2-14-6-4-3-5-9-18(14)15-8-7-13(16)10-12(15)11-17/h7-8,10,14H,2-6,9H2,1H3. The third kappa shape index (κ3) is 2.87. The van der Waals surface area contributed by atoms with Gasteiger partial charge in [-0.15, -0.1) is 0 Å². The highest BCUT2D eigenvalue weighted by atomic mass is 79.9. The van der Waals surface area contributed by atoms with Gasteiger partial charge in [-0.3, -0.25) is 0 Å². The highest BCUT2D eigenvalue weighted by molar-refractivity contribution is 9.10. The zero-order chi connectivity index (χ0) is 13.0. The van der Waals surface area contributed by atoms with Crippen molar-refractivity contribution in [2.45, 2.75) is 45.1 Å². The second kappa shape index (κ2) is 6.24. The first-order valence-electron chi connectivity index (χ1n) is 6.72. The molecule has 2 nitrogen and oxygen atoms in total. The van der Waals surface area contributed by atoms with Gasteiger partial charge in [0.05, 0.1) is 11.3 Å². The minimum Gasteiger partial charge on any atom is -0.367 e. The van der Waals surface area contributed by atoms with Crippen LogP contribution in [-0.2, 0) is 0 Å². The molecular weight excluding hydrogens is 288 g/mol. The molecule has 0 N–H and O–H groups in total. The largest absolute Gasteiger partial charge is 0.367 e. The summed E-state index contributed by atoms with van der Waals surface area (Å²) < 4.78 is 0.977. The molecule has 1 heterocycles. The average molecular weight is 307 g/mol. The summed E-state index contributed by atoms with van der Waals surface area (Å²) in [5.41, 5.74) is 1.89. The molecule has 0 aliphatic carbocycles. The second-order valence-electron chi connectivity index (χ2n) is 4.88. The number of nitrogens with zero attached hydrogens (tertiary/aromatic N) is 2. The summed E-state index contributed by atoms with van der Waals surface area (Å²) >= 11 is 3.44. The summed E-state index contributed by atoms with van der Waals surface area (Å²) in [7, 11) is 0. The molecule has 1 saturated heterocycles.